The van der Waals surface area contributed by atoms with Crippen LogP contribution in [0.15, 0.2) is 48.5 Å². The van der Waals surface area contributed by atoms with Gasteiger partial charge in [0.2, 0.25) is 0 Å². The standard InChI is InChI=1S/C19H21NO5S/c21-18-9-8-16(25-15-6-2-1-3-7-15)11-17(18)19(22)20-12-14-5-4-10-26(23,24)13-14/h1-3,6-9,11,14,21H,4-5,10,12-13H2,(H,20,22). The van der Waals surface area contributed by atoms with E-state index in [1.807, 2.05) is 18.2 Å². The molecule has 1 unspecified atom stereocenters. The van der Waals surface area contributed by atoms with Crippen molar-refractivity contribution in [3.8, 4) is 17.2 Å². The molecule has 7 heteroatoms. The Bertz CT molecular complexity index is 880. The first-order valence-electron chi connectivity index (χ1n) is 8.47. The quantitative estimate of drug-likeness (QED) is 0.838. The van der Waals surface area contributed by atoms with Gasteiger partial charge in [-0.3, -0.25) is 4.79 Å². The summed E-state index contributed by atoms with van der Waals surface area (Å²) in [5, 5.41) is 12.7. The van der Waals surface area contributed by atoms with Crippen LogP contribution in [0.2, 0.25) is 0 Å². The highest BCUT2D eigenvalue weighted by molar-refractivity contribution is 7.91. The molecule has 1 saturated heterocycles. The zero-order chi connectivity index (χ0) is 18.6. The first kappa shape index (κ1) is 18.3. The van der Waals surface area contributed by atoms with Crippen LogP contribution in [-0.4, -0.2) is 37.5 Å². The molecule has 0 saturated carbocycles. The lowest BCUT2D eigenvalue weighted by molar-refractivity contribution is 0.0944. The monoisotopic (exact) mass is 375 g/mol. The highest BCUT2D eigenvalue weighted by atomic mass is 32.2. The Morgan fingerprint density at radius 2 is 1.92 bits per heavy atom. The number of aromatic hydroxyl groups is 1. The largest absolute Gasteiger partial charge is 0.507 e. The van der Waals surface area contributed by atoms with E-state index in [2.05, 4.69) is 5.32 Å². The Kier molecular flexibility index (Phi) is 5.46. The molecular formula is C19H21NO5S. The van der Waals surface area contributed by atoms with Gasteiger partial charge in [-0.2, -0.15) is 0 Å². The second-order valence-electron chi connectivity index (χ2n) is 6.43. The fourth-order valence-electron chi connectivity index (χ4n) is 3.00. The molecule has 2 aromatic rings. The highest BCUT2D eigenvalue weighted by Crippen LogP contribution is 2.27. The molecule has 0 bridgehead atoms. The Morgan fingerprint density at radius 1 is 1.15 bits per heavy atom. The van der Waals surface area contributed by atoms with E-state index in [1.54, 1.807) is 18.2 Å². The maximum atomic E-state index is 12.4. The van der Waals surface area contributed by atoms with Crippen molar-refractivity contribution < 1.29 is 23.1 Å². The van der Waals surface area contributed by atoms with Crippen LogP contribution in [0.25, 0.3) is 0 Å². The number of nitrogens with one attached hydrogen (secondary N) is 1. The van der Waals surface area contributed by atoms with Crippen LogP contribution in [0.4, 0.5) is 0 Å². The van der Waals surface area contributed by atoms with Gasteiger partial charge in [-0.15, -0.1) is 0 Å². The van der Waals surface area contributed by atoms with Crippen molar-refractivity contribution in [1.29, 1.82) is 0 Å². The number of hydrogen-bond donors (Lipinski definition) is 2. The average molecular weight is 375 g/mol. The van der Waals surface area contributed by atoms with Crippen LogP contribution in [0, 0.1) is 5.92 Å². The molecule has 0 aliphatic carbocycles. The van der Waals surface area contributed by atoms with E-state index in [0.717, 1.165) is 6.42 Å². The smallest absolute Gasteiger partial charge is 0.255 e. The molecule has 26 heavy (non-hydrogen) atoms. The van der Waals surface area contributed by atoms with E-state index in [9.17, 15) is 18.3 Å². The lowest BCUT2D eigenvalue weighted by Gasteiger charge is -2.22. The topological polar surface area (TPSA) is 92.7 Å². The minimum Gasteiger partial charge on any atom is -0.507 e. The number of phenols is 1. The van der Waals surface area contributed by atoms with Gasteiger partial charge in [-0.25, -0.2) is 8.42 Å². The van der Waals surface area contributed by atoms with Gasteiger partial charge in [-0.05, 0) is 49.1 Å². The first-order valence-corrected chi connectivity index (χ1v) is 10.3. The fourth-order valence-corrected chi connectivity index (χ4v) is 4.77. The molecule has 3 rings (SSSR count). The minimum atomic E-state index is -3.01. The van der Waals surface area contributed by atoms with Gasteiger partial charge in [-0.1, -0.05) is 18.2 Å². The van der Waals surface area contributed by atoms with E-state index in [1.165, 1.54) is 12.1 Å². The second-order valence-corrected chi connectivity index (χ2v) is 8.66. The van der Waals surface area contributed by atoms with Crippen molar-refractivity contribution in [1.82, 2.24) is 5.32 Å². The van der Waals surface area contributed by atoms with Gasteiger partial charge in [0.1, 0.15) is 17.2 Å². The predicted molar refractivity (Wildman–Crippen MR) is 98.3 cm³/mol. The number of hydrogen-bond acceptors (Lipinski definition) is 5. The number of sulfone groups is 1. The minimum absolute atomic E-state index is 0.0937. The summed E-state index contributed by atoms with van der Waals surface area (Å²) in [6.07, 6.45) is 1.39. The molecule has 0 radical (unpaired) electrons. The number of para-hydroxylation sites is 1. The number of amides is 1. The number of rotatable bonds is 5. The Hall–Kier alpha value is -2.54. The lowest BCUT2D eigenvalue weighted by atomic mass is 10.1. The summed E-state index contributed by atoms with van der Waals surface area (Å²) in [7, 11) is -3.01. The number of ether oxygens (including phenoxy) is 1. The molecule has 1 aliphatic heterocycles. The molecule has 6 nitrogen and oxygen atoms in total. The number of carbonyl (C=O) groups is 1. The first-order chi connectivity index (χ1) is 12.4. The normalized spacial score (nSPS) is 18.8. The van der Waals surface area contributed by atoms with Gasteiger partial charge < -0.3 is 15.2 Å². The van der Waals surface area contributed by atoms with Gasteiger partial charge in [0.05, 0.1) is 17.1 Å². The van der Waals surface area contributed by atoms with E-state index in [0.29, 0.717) is 17.9 Å². The summed E-state index contributed by atoms with van der Waals surface area (Å²) < 4.78 is 29.0. The summed E-state index contributed by atoms with van der Waals surface area (Å²) in [4.78, 5) is 12.4. The maximum Gasteiger partial charge on any atom is 0.255 e. The number of carbonyl (C=O) groups excluding carboxylic acids is 1. The summed E-state index contributed by atoms with van der Waals surface area (Å²) in [5.41, 5.74) is 0.0945. The van der Waals surface area contributed by atoms with Gasteiger partial charge in [0, 0.05) is 6.54 Å². The maximum absolute atomic E-state index is 12.4. The molecule has 2 aromatic carbocycles. The molecule has 1 aliphatic rings. The zero-order valence-corrected chi connectivity index (χ0v) is 15.0. The van der Waals surface area contributed by atoms with Crippen LogP contribution < -0.4 is 10.1 Å². The van der Waals surface area contributed by atoms with Crippen LogP contribution >= 0.6 is 0 Å². The molecule has 0 aromatic heterocycles. The number of benzene rings is 2. The van der Waals surface area contributed by atoms with Crippen LogP contribution in [-0.2, 0) is 9.84 Å². The highest BCUT2D eigenvalue weighted by Gasteiger charge is 2.25. The SMILES string of the molecule is O=C(NCC1CCCS(=O)(=O)C1)c1cc(Oc2ccccc2)ccc1O. The molecule has 2 N–H and O–H groups in total. The Morgan fingerprint density at radius 3 is 2.65 bits per heavy atom. The molecule has 1 heterocycles. The average Bonchev–Trinajstić information content (AvgIpc) is 2.61. The molecule has 138 valence electrons. The summed E-state index contributed by atoms with van der Waals surface area (Å²) >= 11 is 0. The van der Waals surface area contributed by atoms with Crippen LogP contribution in [0.3, 0.4) is 0 Å². The van der Waals surface area contributed by atoms with Gasteiger partial charge in [0.25, 0.3) is 5.91 Å². The van der Waals surface area contributed by atoms with Crippen molar-refractivity contribution in [3.05, 3.63) is 54.1 Å². The van der Waals surface area contributed by atoms with Crippen LogP contribution in [0.5, 0.6) is 17.2 Å². The molecule has 0 spiro atoms. The fraction of sp³-hybridized carbons (Fsp3) is 0.316. The number of phenolic OH excluding ortho intramolecular Hbond substituents is 1. The Labute approximate surface area is 152 Å². The summed E-state index contributed by atoms with van der Waals surface area (Å²) in [6.45, 7) is 0.265. The molecule has 1 amide bonds. The Balaban J connectivity index is 1.66. The third-order valence-electron chi connectivity index (χ3n) is 4.30. The van der Waals surface area contributed by atoms with E-state index in [-0.39, 0.29) is 35.3 Å². The molecular weight excluding hydrogens is 354 g/mol. The van der Waals surface area contributed by atoms with Gasteiger partial charge >= 0.3 is 0 Å². The van der Waals surface area contributed by atoms with E-state index in [4.69, 9.17) is 4.74 Å². The van der Waals surface area contributed by atoms with Gasteiger partial charge in [0.15, 0.2) is 9.84 Å². The predicted octanol–water partition coefficient (Wildman–Crippen LogP) is 2.74. The van der Waals surface area contributed by atoms with Crippen molar-refractivity contribution >= 4 is 15.7 Å². The summed E-state index contributed by atoms with van der Waals surface area (Å²) in [6, 6.07) is 13.6. The van der Waals surface area contributed by atoms with E-state index >= 15 is 0 Å². The third-order valence-corrected chi connectivity index (χ3v) is 6.19. The van der Waals surface area contributed by atoms with Crippen molar-refractivity contribution in [2.24, 2.45) is 5.92 Å². The van der Waals surface area contributed by atoms with Crippen molar-refractivity contribution in [3.63, 3.8) is 0 Å². The second kappa shape index (κ2) is 7.78. The lowest BCUT2D eigenvalue weighted by Crippen LogP contribution is -2.35. The molecule has 1 atom stereocenters. The van der Waals surface area contributed by atoms with E-state index < -0.39 is 15.7 Å². The van der Waals surface area contributed by atoms with Crippen molar-refractivity contribution in [2.75, 3.05) is 18.1 Å². The molecule has 1 fully saturated rings. The van der Waals surface area contributed by atoms with Crippen LogP contribution in [0.1, 0.15) is 23.2 Å². The third kappa shape index (κ3) is 4.76. The summed E-state index contributed by atoms with van der Waals surface area (Å²) in [5.74, 6) is 0.663. The zero-order valence-electron chi connectivity index (χ0n) is 14.2. The van der Waals surface area contributed by atoms with Crippen molar-refractivity contribution in [2.45, 2.75) is 12.8 Å².